The van der Waals surface area contributed by atoms with E-state index in [0.717, 1.165) is 24.2 Å². The van der Waals surface area contributed by atoms with Gasteiger partial charge in [0.15, 0.2) is 0 Å². The Labute approximate surface area is 124 Å². The zero-order chi connectivity index (χ0) is 15.4. The third-order valence-corrected chi connectivity index (χ3v) is 3.37. The van der Waals surface area contributed by atoms with Crippen molar-refractivity contribution in [2.24, 2.45) is 0 Å². The van der Waals surface area contributed by atoms with Gasteiger partial charge in [0.1, 0.15) is 0 Å². The van der Waals surface area contributed by atoms with E-state index in [1.807, 2.05) is 20.8 Å². The van der Waals surface area contributed by atoms with E-state index < -0.39 is 0 Å². The van der Waals surface area contributed by atoms with Crippen molar-refractivity contribution in [3.8, 4) is 0 Å². The first-order valence-electron chi connectivity index (χ1n) is 7.09. The Hall–Kier alpha value is -2.14. The highest BCUT2D eigenvalue weighted by Crippen LogP contribution is 2.14. The summed E-state index contributed by atoms with van der Waals surface area (Å²) in [7, 11) is 0. The topological polar surface area (TPSA) is 70.2 Å². The molecule has 112 valence electrons. The molecule has 1 saturated heterocycles. The van der Waals surface area contributed by atoms with Crippen molar-refractivity contribution in [2.45, 2.75) is 26.8 Å². The third kappa shape index (κ3) is 3.92. The molecule has 0 aromatic heterocycles. The molecule has 1 aliphatic heterocycles. The minimum absolute atomic E-state index is 0.0918. The molecule has 2 amide bonds. The van der Waals surface area contributed by atoms with Crippen molar-refractivity contribution >= 4 is 17.5 Å². The van der Waals surface area contributed by atoms with E-state index in [-0.39, 0.29) is 17.9 Å². The summed E-state index contributed by atoms with van der Waals surface area (Å²) in [5, 5.41) is 8.78. The molecular weight excluding hydrogens is 266 g/mol. The zero-order valence-electron chi connectivity index (χ0n) is 12.6. The zero-order valence-corrected chi connectivity index (χ0v) is 12.6. The third-order valence-electron chi connectivity index (χ3n) is 3.37. The SMILES string of the molecule is CC(C(=O)Nc1ccc(C(=O)NC(C)C)cc1)=C1CNC1. The molecule has 5 nitrogen and oxygen atoms in total. The van der Waals surface area contributed by atoms with Crippen molar-refractivity contribution in [1.82, 2.24) is 10.6 Å². The Kier molecular flexibility index (Phi) is 4.75. The molecule has 0 radical (unpaired) electrons. The summed E-state index contributed by atoms with van der Waals surface area (Å²) in [5.41, 5.74) is 3.17. The van der Waals surface area contributed by atoms with E-state index in [0.29, 0.717) is 11.3 Å². The van der Waals surface area contributed by atoms with E-state index in [9.17, 15) is 9.59 Å². The summed E-state index contributed by atoms with van der Waals surface area (Å²) in [5.74, 6) is -0.201. The van der Waals surface area contributed by atoms with E-state index >= 15 is 0 Å². The monoisotopic (exact) mass is 287 g/mol. The van der Waals surface area contributed by atoms with Gasteiger partial charge < -0.3 is 16.0 Å². The van der Waals surface area contributed by atoms with Crippen molar-refractivity contribution < 1.29 is 9.59 Å². The molecule has 0 atom stereocenters. The quantitative estimate of drug-likeness (QED) is 0.738. The van der Waals surface area contributed by atoms with Gasteiger partial charge in [0.25, 0.3) is 11.8 Å². The van der Waals surface area contributed by atoms with Gasteiger partial charge in [0.05, 0.1) is 0 Å². The average molecular weight is 287 g/mol. The van der Waals surface area contributed by atoms with Gasteiger partial charge in [-0.2, -0.15) is 0 Å². The first kappa shape index (κ1) is 15.3. The maximum atomic E-state index is 12.0. The molecule has 3 N–H and O–H groups in total. The number of anilines is 1. The van der Waals surface area contributed by atoms with Crippen LogP contribution < -0.4 is 16.0 Å². The molecule has 0 spiro atoms. The summed E-state index contributed by atoms with van der Waals surface area (Å²) >= 11 is 0. The Morgan fingerprint density at radius 2 is 1.76 bits per heavy atom. The number of carbonyl (C=O) groups excluding carboxylic acids is 2. The van der Waals surface area contributed by atoms with Gasteiger partial charge in [-0.25, -0.2) is 0 Å². The van der Waals surface area contributed by atoms with E-state index in [1.165, 1.54) is 0 Å². The lowest BCUT2D eigenvalue weighted by Crippen LogP contribution is -2.36. The summed E-state index contributed by atoms with van der Waals surface area (Å²) in [6.07, 6.45) is 0. The van der Waals surface area contributed by atoms with Crippen LogP contribution in [0.2, 0.25) is 0 Å². The van der Waals surface area contributed by atoms with Gasteiger partial charge in [-0.1, -0.05) is 0 Å². The molecule has 0 unspecified atom stereocenters. The molecule has 21 heavy (non-hydrogen) atoms. The Morgan fingerprint density at radius 1 is 1.14 bits per heavy atom. The van der Waals surface area contributed by atoms with E-state index in [2.05, 4.69) is 16.0 Å². The van der Waals surface area contributed by atoms with Gasteiger partial charge in [-0.15, -0.1) is 0 Å². The second-order valence-corrected chi connectivity index (χ2v) is 5.49. The first-order valence-corrected chi connectivity index (χ1v) is 7.09. The minimum Gasteiger partial charge on any atom is -0.350 e. The van der Waals surface area contributed by atoms with Crippen LogP contribution in [-0.2, 0) is 4.79 Å². The predicted octanol–water partition coefficient (Wildman–Crippen LogP) is 1.68. The Morgan fingerprint density at radius 3 is 2.24 bits per heavy atom. The summed E-state index contributed by atoms with van der Waals surface area (Å²) in [4.78, 5) is 23.9. The largest absolute Gasteiger partial charge is 0.350 e. The fourth-order valence-corrected chi connectivity index (χ4v) is 1.95. The van der Waals surface area contributed by atoms with Crippen LogP contribution >= 0.6 is 0 Å². The van der Waals surface area contributed by atoms with Crippen molar-refractivity contribution in [3.05, 3.63) is 41.0 Å². The van der Waals surface area contributed by atoms with Crippen LogP contribution in [0.3, 0.4) is 0 Å². The summed E-state index contributed by atoms with van der Waals surface area (Å²) in [6.45, 7) is 7.23. The van der Waals surface area contributed by atoms with Gasteiger partial charge in [0, 0.05) is 36.0 Å². The maximum Gasteiger partial charge on any atom is 0.251 e. The molecule has 1 aromatic rings. The maximum absolute atomic E-state index is 12.0. The second kappa shape index (κ2) is 6.54. The molecule has 1 heterocycles. The standard InChI is InChI=1S/C16H21N3O2/c1-10(2)18-16(21)12-4-6-14(7-5-12)19-15(20)11(3)13-8-17-9-13/h4-7,10,17H,8-9H2,1-3H3,(H,18,21)(H,19,20). The van der Waals surface area contributed by atoms with Crippen LogP contribution in [-0.4, -0.2) is 30.9 Å². The normalized spacial score (nSPS) is 13.6. The molecule has 1 aromatic carbocycles. The van der Waals surface area contributed by atoms with Crippen LogP contribution in [0.25, 0.3) is 0 Å². The number of amides is 2. The molecule has 0 saturated carbocycles. The highest BCUT2D eigenvalue weighted by Gasteiger charge is 2.16. The number of hydrogen-bond donors (Lipinski definition) is 3. The fourth-order valence-electron chi connectivity index (χ4n) is 1.95. The predicted molar refractivity (Wildman–Crippen MR) is 83.2 cm³/mol. The minimum atomic E-state index is -0.110. The van der Waals surface area contributed by atoms with Crippen LogP contribution in [0.1, 0.15) is 31.1 Å². The number of benzene rings is 1. The highest BCUT2D eigenvalue weighted by molar-refractivity contribution is 6.04. The fraction of sp³-hybridized carbons (Fsp3) is 0.375. The number of nitrogens with one attached hydrogen (secondary N) is 3. The summed E-state index contributed by atoms with van der Waals surface area (Å²) in [6, 6.07) is 7.00. The molecule has 1 aliphatic rings. The first-order chi connectivity index (χ1) is 9.97. The van der Waals surface area contributed by atoms with Gasteiger partial charge in [0.2, 0.25) is 0 Å². The molecule has 2 rings (SSSR count). The average Bonchev–Trinajstić information content (AvgIpc) is 2.36. The molecule has 0 aliphatic carbocycles. The molecule has 1 fully saturated rings. The molecule has 0 bridgehead atoms. The lowest BCUT2D eigenvalue weighted by molar-refractivity contribution is -0.112. The van der Waals surface area contributed by atoms with Crippen molar-refractivity contribution in [1.29, 1.82) is 0 Å². The van der Waals surface area contributed by atoms with Crippen LogP contribution in [0.5, 0.6) is 0 Å². The van der Waals surface area contributed by atoms with E-state index in [4.69, 9.17) is 0 Å². The molecule has 5 heteroatoms. The Bertz CT molecular complexity index is 568. The smallest absolute Gasteiger partial charge is 0.251 e. The number of rotatable bonds is 4. The highest BCUT2D eigenvalue weighted by atomic mass is 16.2. The number of carbonyl (C=O) groups is 2. The summed E-state index contributed by atoms with van der Waals surface area (Å²) < 4.78 is 0. The van der Waals surface area contributed by atoms with Gasteiger partial charge in [-0.05, 0) is 50.6 Å². The second-order valence-electron chi connectivity index (χ2n) is 5.49. The van der Waals surface area contributed by atoms with Crippen LogP contribution in [0.15, 0.2) is 35.4 Å². The number of hydrogen-bond acceptors (Lipinski definition) is 3. The lowest BCUT2D eigenvalue weighted by Gasteiger charge is -2.21. The van der Waals surface area contributed by atoms with Crippen molar-refractivity contribution in [2.75, 3.05) is 18.4 Å². The van der Waals surface area contributed by atoms with Crippen LogP contribution in [0.4, 0.5) is 5.69 Å². The van der Waals surface area contributed by atoms with Crippen molar-refractivity contribution in [3.63, 3.8) is 0 Å². The molecular formula is C16H21N3O2. The van der Waals surface area contributed by atoms with Gasteiger partial charge >= 0.3 is 0 Å². The lowest BCUT2D eigenvalue weighted by atomic mass is 10.0. The van der Waals surface area contributed by atoms with Gasteiger partial charge in [-0.3, -0.25) is 9.59 Å². The Balaban J connectivity index is 1.99. The van der Waals surface area contributed by atoms with E-state index in [1.54, 1.807) is 24.3 Å². The van der Waals surface area contributed by atoms with Crippen LogP contribution in [0, 0.1) is 0 Å².